The van der Waals surface area contributed by atoms with Gasteiger partial charge in [0.2, 0.25) is 0 Å². The maximum atomic E-state index is 9.16. The molecule has 0 amide bonds. The molecule has 1 aliphatic heterocycles. The highest BCUT2D eigenvalue weighted by molar-refractivity contribution is 5.36. The molecule has 0 aromatic heterocycles. The van der Waals surface area contributed by atoms with Gasteiger partial charge < -0.3 is 10.2 Å². The van der Waals surface area contributed by atoms with Crippen LogP contribution < -0.4 is 0 Å². The molecule has 108 valence electrons. The summed E-state index contributed by atoms with van der Waals surface area (Å²) < 4.78 is 0. The van der Waals surface area contributed by atoms with Gasteiger partial charge in [-0.25, -0.2) is 0 Å². The van der Waals surface area contributed by atoms with Crippen molar-refractivity contribution in [2.45, 2.75) is 38.3 Å². The van der Waals surface area contributed by atoms with Crippen molar-refractivity contribution in [2.24, 2.45) is 0 Å². The molecule has 1 unspecified atom stereocenters. The van der Waals surface area contributed by atoms with Crippen LogP contribution in [0.3, 0.4) is 0 Å². The van der Waals surface area contributed by atoms with Crippen molar-refractivity contribution in [2.75, 3.05) is 19.8 Å². The first kappa shape index (κ1) is 15.1. The predicted octanol–water partition coefficient (Wildman–Crippen LogP) is 1.77. The molecule has 20 heavy (non-hydrogen) atoms. The number of hydrogen-bond donors (Lipinski definition) is 2. The van der Waals surface area contributed by atoms with E-state index in [0.717, 1.165) is 25.1 Å². The van der Waals surface area contributed by atoms with Crippen molar-refractivity contribution in [1.29, 1.82) is 0 Å². The minimum Gasteiger partial charge on any atom is -0.396 e. The number of nitrogens with zero attached hydrogens (tertiary/aromatic N) is 1. The third-order valence-electron chi connectivity index (χ3n) is 3.86. The largest absolute Gasteiger partial charge is 0.396 e. The molecule has 0 aliphatic carbocycles. The third-order valence-corrected chi connectivity index (χ3v) is 3.86. The van der Waals surface area contributed by atoms with E-state index in [4.69, 9.17) is 10.2 Å². The zero-order valence-electron chi connectivity index (χ0n) is 11.9. The third kappa shape index (κ3) is 4.35. The van der Waals surface area contributed by atoms with E-state index in [1.54, 1.807) is 0 Å². The van der Waals surface area contributed by atoms with Crippen LogP contribution >= 0.6 is 0 Å². The van der Waals surface area contributed by atoms with E-state index in [1.165, 1.54) is 24.8 Å². The second-order valence-electron chi connectivity index (χ2n) is 5.29. The number of hydrogen-bond acceptors (Lipinski definition) is 3. The Kier molecular flexibility index (Phi) is 6.07. The zero-order valence-corrected chi connectivity index (χ0v) is 11.9. The van der Waals surface area contributed by atoms with E-state index >= 15 is 0 Å². The Morgan fingerprint density at radius 2 is 1.95 bits per heavy atom. The second kappa shape index (κ2) is 8.06. The summed E-state index contributed by atoms with van der Waals surface area (Å²) >= 11 is 0. The van der Waals surface area contributed by atoms with Gasteiger partial charge in [0, 0.05) is 24.8 Å². The quantitative estimate of drug-likeness (QED) is 0.822. The van der Waals surface area contributed by atoms with Gasteiger partial charge in [-0.2, -0.15) is 0 Å². The summed E-state index contributed by atoms with van der Waals surface area (Å²) in [5, 5.41) is 17.8. The molecule has 0 spiro atoms. The van der Waals surface area contributed by atoms with Gasteiger partial charge in [-0.15, -0.1) is 0 Å². The number of rotatable bonds is 4. The molecule has 0 radical (unpaired) electrons. The maximum Gasteiger partial charge on any atom is 0.104 e. The Balaban J connectivity index is 1.97. The fourth-order valence-corrected chi connectivity index (χ4v) is 2.81. The van der Waals surface area contributed by atoms with Crippen LogP contribution in [0.15, 0.2) is 24.3 Å². The van der Waals surface area contributed by atoms with Gasteiger partial charge in [0.1, 0.15) is 6.61 Å². The standard InChI is InChI=1S/C17H23NO2/c19-12-3-4-15-6-8-16(9-7-15)14-18-11-2-1-5-17(18)10-13-20/h6-9,17,19-20H,1-2,5,10-14H2. The molecule has 0 bridgehead atoms. The molecule has 1 aliphatic rings. The van der Waals surface area contributed by atoms with E-state index in [9.17, 15) is 0 Å². The lowest BCUT2D eigenvalue weighted by Crippen LogP contribution is -2.39. The molecule has 1 fully saturated rings. The average molecular weight is 273 g/mol. The number of aliphatic hydroxyl groups is 2. The normalized spacial score (nSPS) is 19.4. The Labute approximate surface area is 121 Å². The Bertz CT molecular complexity index is 456. The SMILES string of the molecule is OCC#Cc1ccc(CN2CCCCC2CCO)cc1. The first-order chi connectivity index (χ1) is 9.83. The number of benzene rings is 1. The summed E-state index contributed by atoms with van der Waals surface area (Å²) in [5.41, 5.74) is 2.22. The second-order valence-corrected chi connectivity index (χ2v) is 5.29. The van der Waals surface area contributed by atoms with E-state index in [-0.39, 0.29) is 13.2 Å². The number of piperidine rings is 1. The molecule has 3 nitrogen and oxygen atoms in total. The fourth-order valence-electron chi connectivity index (χ4n) is 2.81. The van der Waals surface area contributed by atoms with Crippen molar-refractivity contribution < 1.29 is 10.2 Å². The van der Waals surface area contributed by atoms with E-state index < -0.39 is 0 Å². The van der Waals surface area contributed by atoms with Gasteiger partial charge in [0.15, 0.2) is 0 Å². The van der Waals surface area contributed by atoms with Gasteiger partial charge in [-0.05, 0) is 43.5 Å². The highest BCUT2D eigenvalue weighted by Gasteiger charge is 2.21. The molecule has 1 heterocycles. The van der Waals surface area contributed by atoms with Crippen molar-refractivity contribution in [3.05, 3.63) is 35.4 Å². The highest BCUT2D eigenvalue weighted by Crippen LogP contribution is 2.21. The van der Waals surface area contributed by atoms with Crippen LogP contribution in [0.5, 0.6) is 0 Å². The van der Waals surface area contributed by atoms with Crippen LogP contribution in [-0.4, -0.2) is 40.9 Å². The van der Waals surface area contributed by atoms with Gasteiger partial charge >= 0.3 is 0 Å². The monoisotopic (exact) mass is 273 g/mol. The minimum atomic E-state index is -0.0988. The molecule has 1 aromatic rings. The van der Waals surface area contributed by atoms with Crippen LogP contribution in [-0.2, 0) is 6.54 Å². The summed E-state index contributed by atoms with van der Waals surface area (Å²) in [4.78, 5) is 2.48. The lowest BCUT2D eigenvalue weighted by Gasteiger charge is -2.35. The average Bonchev–Trinajstić information content (AvgIpc) is 2.49. The minimum absolute atomic E-state index is 0.0988. The molecule has 2 rings (SSSR count). The van der Waals surface area contributed by atoms with Crippen molar-refractivity contribution in [3.63, 3.8) is 0 Å². The summed E-state index contributed by atoms with van der Waals surface area (Å²) in [7, 11) is 0. The van der Waals surface area contributed by atoms with Crippen LogP contribution in [0.4, 0.5) is 0 Å². The summed E-state index contributed by atoms with van der Waals surface area (Å²) in [5.74, 6) is 5.56. The maximum absolute atomic E-state index is 9.16. The highest BCUT2D eigenvalue weighted by atomic mass is 16.3. The molecule has 2 N–H and O–H groups in total. The van der Waals surface area contributed by atoms with Crippen molar-refractivity contribution in [1.82, 2.24) is 4.90 Å². The molecule has 1 aromatic carbocycles. The van der Waals surface area contributed by atoms with Gasteiger partial charge in [-0.3, -0.25) is 4.90 Å². The Morgan fingerprint density at radius 1 is 1.15 bits per heavy atom. The fraction of sp³-hybridized carbons (Fsp3) is 0.529. The van der Waals surface area contributed by atoms with Crippen LogP contribution in [0.2, 0.25) is 0 Å². The molecule has 1 atom stereocenters. The number of likely N-dealkylation sites (tertiary alicyclic amines) is 1. The summed E-state index contributed by atoms with van der Waals surface area (Å²) in [6.07, 6.45) is 4.60. The van der Waals surface area contributed by atoms with Gasteiger partial charge in [0.05, 0.1) is 0 Å². The van der Waals surface area contributed by atoms with Crippen LogP contribution in [0, 0.1) is 11.8 Å². The smallest absolute Gasteiger partial charge is 0.104 e. The van der Waals surface area contributed by atoms with E-state index in [2.05, 4.69) is 28.9 Å². The van der Waals surface area contributed by atoms with Gasteiger partial charge in [-0.1, -0.05) is 30.4 Å². The van der Waals surface area contributed by atoms with Crippen molar-refractivity contribution >= 4 is 0 Å². The van der Waals surface area contributed by atoms with E-state index in [1.807, 2.05) is 12.1 Å². The summed E-state index contributed by atoms with van der Waals surface area (Å²) in [6, 6.07) is 8.73. The first-order valence-electron chi connectivity index (χ1n) is 7.37. The molecule has 1 saturated heterocycles. The van der Waals surface area contributed by atoms with Crippen LogP contribution in [0.25, 0.3) is 0 Å². The Hall–Kier alpha value is -1.34. The molecular formula is C17H23NO2. The number of aliphatic hydroxyl groups excluding tert-OH is 2. The van der Waals surface area contributed by atoms with Gasteiger partial charge in [0.25, 0.3) is 0 Å². The first-order valence-corrected chi connectivity index (χ1v) is 7.37. The summed E-state index contributed by atoms with van der Waals surface area (Å²) in [6.45, 7) is 2.24. The molecular weight excluding hydrogens is 250 g/mol. The molecule has 0 saturated carbocycles. The predicted molar refractivity (Wildman–Crippen MR) is 80.2 cm³/mol. The lowest BCUT2D eigenvalue weighted by atomic mass is 9.98. The van der Waals surface area contributed by atoms with Crippen molar-refractivity contribution in [3.8, 4) is 11.8 Å². The topological polar surface area (TPSA) is 43.7 Å². The molecule has 3 heteroatoms. The Morgan fingerprint density at radius 3 is 2.65 bits per heavy atom. The zero-order chi connectivity index (χ0) is 14.2. The van der Waals surface area contributed by atoms with Crippen LogP contribution in [0.1, 0.15) is 36.8 Å². The lowest BCUT2D eigenvalue weighted by molar-refractivity contribution is 0.112. The van der Waals surface area contributed by atoms with E-state index in [0.29, 0.717) is 6.04 Å².